The van der Waals surface area contributed by atoms with Gasteiger partial charge in [-0.15, -0.1) is 22.7 Å². The summed E-state index contributed by atoms with van der Waals surface area (Å²) in [5.41, 5.74) is 0.829. The molecule has 0 aromatic carbocycles. The zero-order valence-corrected chi connectivity index (χ0v) is 16.0. The van der Waals surface area contributed by atoms with E-state index in [-0.39, 0.29) is 12.3 Å². The van der Waals surface area contributed by atoms with E-state index in [2.05, 4.69) is 15.6 Å². The Hall–Kier alpha value is -1.97. The Balaban J connectivity index is 1.68. The highest BCUT2D eigenvalue weighted by Gasteiger charge is 2.43. The number of fused-ring (bicyclic) bond motifs is 1. The van der Waals surface area contributed by atoms with Crippen LogP contribution in [-0.2, 0) is 0 Å². The Labute approximate surface area is 162 Å². The van der Waals surface area contributed by atoms with E-state index in [4.69, 9.17) is 5.41 Å². The molecule has 0 radical (unpaired) electrons. The van der Waals surface area contributed by atoms with Crippen molar-refractivity contribution in [2.45, 2.75) is 18.3 Å². The molecule has 1 fully saturated rings. The average molecular weight is 410 g/mol. The summed E-state index contributed by atoms with van der Waals surface area (Å²) in [7, 11) is 1.68. The van der Waals surface area contributed by atoms with Crippen LogP contribution in [0.4, 0.5) is 13.2 Å². The minimum atomic E-state index is -2.76. The molecule has 9 heteroatoms. The van der Waals surface area contributed by atoms with Crippen molar-refractivity contribution in [1.82, 2.24) is 15.6 Å². The molecule has 4 nitrogen and oxygen atoms in total. The zero-order valence-electron chi connectivity index (χ0n) is 14.4. The monoisotopic (exact) mass is 410 g/mol. The Morgan fingerprint density at radius 3 is 2.89 bits per heavy atom. The van der Waals surface area contributed by atoms with Crippen molar-refractivity contribution in [3.8, 4) is 0 Å². The Morgan fingerprint density at radius 2 is 2.19 bits per heavy atom. The SMILES string of the molecule is CN/C=C1/C=C(c2nc3sc(C4CCNCC4(F)F)cc3s2)C=C(F)C1=N. The number of hydrogen-bond acceptors (Lipinski definition) is 6. The molecule has 1 saturated heterocycles. The lowest BCUT2D eigenvalue weighted by Gasteiger charge is -2.31. The predicted molar refractivity (Wildman–Crippen MR) is 105 cm³/mol. The first kappa shape index (κ1) is 18.4. The van der Waals surface area contributed by atoms with Crippen molar-refractivity contribution >= 4 is 43.5 Å². The number of hydrogen-bond donors (Lipinski definition) is 3. The van der Waals surface area contributed by atoms with Gasteiger partial charge >= 0.3 is 0 Å². The summed E-state index contributed by atoms with van der Waals surface area (Å²) >= 11 is 2.64. The highest BCUT2D eigenvalue weighted by Crippen LogP contribution is 2.44. The molecule has 2 aliphatic rings. The van der Waals surface area contributed by atoms with Gasteiger partial charge in [0.15, 0.2) is 0 Å². The summed E-state index contributed by atoms with van der Waals surface area (Å²) in [6.07, 6.45) is 4.95. The van der Waals surface area contributed by atoms with Crippen molar-refractivity contribution in [3.63, 3.8) is 0 Å². The molecule has 4 rings (SSSR count). The van der Waals surface area contributed by atoms with Crippen molar-refractivity contribution < 1.29 is 13.2 Å². The maximum absolute atomic E-state index is 14.2. The lowest BCUT2D eigenvalue weighted by molar-refractivity contribution is -0.0409. The van der Waals surface area contributed by atoms with E-state index in [0.717, 1.165) is 4.70 Å². The van der Waals surface area contributed by atoms with E-state index < -0.39 is 17.7 Å². The van der Waals surface area contributed by atoms with Crippen LogP contribution in [0.15, 0.2) is 35.8 Å². The van der Waals surface area contributed by atoms with Crippen molar-refractivity contribution in [2.75, 3.05) is 20.1 Å². The number of piperidine rings is 1. The summed E-state index contributed by atoms with van der Waals surface area (Å²) in [5.74, 6) is -4.17. The second-order valence-electron chi connectivity index (χ2n) is 6.47. The first-order chi connectivity index (χ1) is 12.9. The summed E-state index contributed by atoms with van der Waals surface area (Å²) in [4.78, 5) is 5.87. The topological polar surface area (TPSA) is 60.8 Å². The number of nitrogens with zero attached hydrogens (tertiary/aromatic N) is 1. The van der Waals surface area contributed by atoms with Gasteiger partial charge in [-0.25, -0.2) is 18.2 Å². The fraction of sp³-hybridized carbons (Fsp3) is 0.333. The lowest BCUT2D eigenvalue weighted by atomic mass is 9.92. The summed E-state index contributed by atoms with van der Waals surface area (Å²) in [6.45, 7) is 0.277. The molecule has 0 saturated carbocycles. The molecule has 1 aliphatic heterocycles. The fourth-order valence-electron chi connectivity index (χ4n) is 3.25. The maximum Gasteiger partial charge on any atom is 0.267 e. The van der Waals surface area contributed by atoms with Crippen LogP contribution in [0, 0.1) is 5.41 Å². The first-order valence-electron chi connectivity index (χ1n) is 8.44. The van der Waals surface area contributed by atoms with Gasteiger partial charge in [-0.3, -0.25) is 5.41 Å². The van der Waals surface area contributed by atoms with Gasteiger partial charge in [0.1, 0.15) is 15.7 Å². The van der Waals surface area contributed by atoms with Gasteiger partial charge < -0.3 is 10.6 Å². The Bertz CT molecular complexity index is 968. The summed E-state index contributed by atoms with van der Waals surface area (Å²) < 4.78 is 43.3. The largest absolute Gasteiger partial charge is 0.393 e. The van der Waals surface area contributed by atoms with Crippen molar-refractivity contribution in [1.29, 1.82) is 5.41 Å². The molecule has 1 atom stereocenters. The quantitative estimate of drug-likeness (QED) is 0.701. The van der Waals surface area contributed by atoms with Crippen LogP contribution in [0.5, 0.6) is 0 Å². The second-order valence-corrected chi connectivity index (χ2v) is 8.56. The van der Waals surface area contributed by atoms with E-state index in [0.29, 0.717) is 38.8 Å². The lowest BCUT2D eigenvalue weighted by Crippen LogP contribution is -2.44. The smallest absolute Gasteiger partial charge is 0.267 e. The third-order valence-corrected chi connectivity index (χ3v) is 6.92. The molecular formula is C18H17F3N4S2. The number of thiazole rings is 1. The Kier molecular flexibility index (Phi) is 4.69. The normalized spacial score (nSPS) is 24.2. The molecule has 1 unspecified atom stereocenters. The van der Waals surface area contributed by atoms with Crippen LogP contribution >= 0.6 is 22.7 Å². The van der Waals surface area contributed by atoms with Crippen LogP contribution in [0.1, 0.15) is 22.2 Å². The Morgan fingerprint density at radius 1 is 1.37 bits per heavy atom. The first-order valence-corrected chi connectivity index (χ1v) is 10.1. The van der Waals surface area contributed by atoms with E-state index in [1.54, 1.807) is 25.4 Å². The molecular weight excluding hydrogens is 393 g/mol. The molecule has 0 bridgehead atoms. The highest BCUT2D eigenvalue weighted by molar-refractivity contribution is 7.27. The standard InChI is InChI=1S/C18H17F3N4S2/c1-23-7-10-4-9(5-12(19)15(10)22)16-25-17-14(27-16)6-13(26-17)11-2-3-24-8-18(11,20)21/h4-7,11,22-24H,2-3,8H2,1H3/b10-7-,22-15?. The third-order valence-electron chi connectivity index (χ3n) is 4.60. The number of alkyl halides is 2. The number of aromatic nitrogens is 1. The zero-order chi connectivity index (χ0) is 19.2. The van der Waals surface area contributed by atoms with Gasteiger partial charge in [0, 0.05) is 29.3 Å². The van der Waals surface area contributed by atoms with E-state index in [9.17, 15) is 13.2 Å². The van der Waals surface area contributed by atoms with Crippen LogP contribution in [0.2, 0.25) is 0 Å². The number of allylic oxidation sites excluding steroid dienone is 5. The van der Waals surface area contributed by atoms with E-state index in [1.807, 2.05) is 0 Å². The molecule has 0 amide bonds. The summed E-state index contributed by atoms with van der Waals surface area (Å²) in [5, 5.41) is 13.9. The number of rotatable bonds is 3. The minimum Gasteiger partial charge on any atom is -0.393 e. The van der Waals surface area contributed by atoms with Gasteiger partial charge in [0.2, 0.25) is 0 Å². The predicted octanol–water partition coefficient (Wildman–Crippen LogP) is 4.44. The van der Waals surface area contributed by atoms with Gasteiger partial charge in [-0.2, -0.15) is 0 Å². The number of nitrogens with one attached hydrogen (secondary N) is 3. The van der Waals surface area contributed by atoms with Crippen LogP contribution in [0.3, 0.4) is 0 Å². The van der Waals surface area contributed by atoms with Crippen molar-refractivity contribution in [3.05, 3.63) is 45.7 Å². The van der Waals surface area contributed by atoms with E-state index in [1.165, 1.54) is 28.7 Å². The molecule has 142 valence electrons. The van der Waals surface area contributed by atoms with Gasteiger partial charge in [-0.1, -0.05) is 0 Å². The van der Waals surface area contributed by atoms with Crippen LogP contribution in [0.25, 0.3) is 15.1 Å². The molecule has 3 heterocycles. The maximum atomic E-state index is 14.2. The number of thiophene rings is 1. The van der Waals surface area contributed by atoms with Gasteiger partial charge in [0.05, 0.1) is 22.9 Å². The second kappa shape index (κ2) is 6.88. The average Bonchev–Trinajstić information content (AvgIpc) is 3.17. The van der Waals surface area contributed by atoms with E-state index >= 15 is 0 Å². The van der Waals surface area contributed by atoms with Crippen LogP contribution < -0.4 is 10.6 Å². The molecule has 2 aromatic heterocycles. The molecule has 1 aliphatic carbocycles. The van der Waals surface area contributed by atoms with Gasteiger partial charge in [0.25, 0.3) is 5.92 Å². The highest BCUT2D eigenvalue weighted by atomic mass is 32.1. The summed E-state index contributed by atoms with van der Waals surface area (Å²) in [6, 6.07) is 1.79. The fourth-order valence-corrected chi connectivity index (χ4v) is 5.67. The molecule has 0 spiro atoms. The van der Waals surface area contributed by atoms with Gasteiger partial charge in [-0.05, 0) is 31.2 Å². The molecule has 27 heavy (non-hydrogen) atoms. The minimum absolute atomic E-state index is 0.179. The molecule has 2 aromatic rings. The number of halogens is 3. The third kappa shape index (κ3) is 3.35. The van der Waals surface area contributed by atoms with Crippen molar-refractivity contribution in [2.24, 2.45) is 0 Å². The molecule has 3 N–H and O–H groups in total. The van der Waals surface area contributed by atoms with Crippen LogP contribution in [-0.4, -0.2) is 36.8 Å².